The minimum atomic E-state index is -4.84. The maximum absolute atomic E-state index is 12.9. The SMILES string of the molecule is CNC(=O)N(N)c1ccc(F)c(C(F)(F)F)c1. The lowest BCUT2D eigenvalue weighted by atomic mass is 10.2. The van der Waals surface area contributed by atoms with Crippen LogP contribution in [0.5, 0.6) is 0 Å². The number of carbonyl (C=O) groups excluding carboxylic acids is 1. The van der Waals surface area contributed by atoms with Crippen LogP contribution in [0.3, 0.4) is 0 Å². The molecule has 0 aliphatic carbocycles. The Bertz CT molecular complexity index is 433. The standard InChI is InChI=1S/C9H9F4N3O/c1-15-8(17)16(14)5-2-3-7(10)6(4-5)9(11,12)13/h2-4H,14H2,1H3,(H,15,17). The quantitative estimate of drug-likeness (QED) is 0.346. The molecule has 1 rings (SSSR count). The summed E-state index contributed by atoms with van der Waals surface area (Å²) in [5, 5.41) is 2.58. The third-order valence-electron chi connectivity index (χ3n) is 1.97. The number of anilines is 1. The van der Waals surface area contributed by atoms with E-state index in [4.69, 9.17) is 5.84 Å². The van der Waals surface area contributed by atoms with E-state index in [0.717, 1.165) is 6.07 Å². The average Bonchev–Trinajstić information content (AvgIpc) is 2.26. The summed E-state index contributed by atoms with van der Waals surface area (Å²) in [7, 11) is 1.26. The normalized spacial score (nSPS) is 11.2. The van der Waals surface area contributed by atoms with Gasteiger partial charge in [-0.2, -0.15) is 13.2 Å². The Hall–Kier alpha value is -1.83. The van der Waals surface area contributed by atoms with Crippen LogP contribution in [0, 0.1) is 5.82 Å². The molecule has 0 atom stereocenters. The van der Waals surface area contributed by atoms with Crippen molar-refractivity contribution in [3.05, 3.63) is 29.6 Å². The molecule has 0 aliphatic heterocycles. The van der Waals surface area contributed by atoms with E-state index in [-0.39, 0.29) is 5.69 Å². The summed E-state index contributed by atoms with van der Waals surface area (Å²) < 4.78 is 50.1. The Labute approximate surface area is 94.0 Å². The minimum Gasteiger partial charge on any atom is -0.340 e. The highest BCUT2D eigenvalue weighted by molar-refractivity contribution is 5.90. The van der Waals surface area contributed by atoms with Crippen LogP contribution in [-0.4, -0.2) is 13.1 Å². The molecule has 3 N–H and O–H groups in total. The minimum absolute atomic E-state index is 0.266. The van der Waals surface area contributed by atoms with Crippen molar-refractivity contribution in [2.75, 3.05) is 12.1 Å². The number of urea groups is 1. The highest BCUT2D eigenvalue weighted by Gasteiger charge is 2.34. The van der Waals surface area contributed by atoms with Crippen LogP contribution in [0.15, 0.2) is 18.2 Å². The van der Waals surface area contributed by atoms with Crippen molar-refractivity contribution in [1.29, 1.82) is 0 Å². The number of benzene rings is 1. The van der Waals surface area contributed by atoms with E-state index in [1.807, 2.05) is 0 Å². The molecule has 0 saturated carbocycles. The lowest BCUT2D eigenvalue weighted by molar-refractivity contribution is -0.139. The van der Waals surface area contributed by atoms with Crippen molar-refractivity contribution in [2.45, 2.75) is 6.18 Å². The van der Waals surface area contributed by atoms with Gasteiger partial charge in [-0.1, -0.05) is 0 Å². The van der Waals surface area contributed by atoms with E-state index < -0.39 is 23.6 Å². The summed E-state index contributed by atoms with van der Waals surface area (Å²) in [6.45, 7) is 0. The topological polar surface area (TPSA) is 58.4 Å². The number of hydrogen-bond acceptors (Lipinski definition) is 2. The van der Waals surface area contributed by atoms with Gasteiger partial charge in [-0.15, -0.1) is 0 Å². The fourth-order valence-corrected chi connectivity index (χ4v) is 1.12. The molecule has 2 amide bonds. The molecule has 0 aliphatic rings. The summed E-state index contributed by atoms with van der Waals surface area (Å²) in [5.41, 5.74) is -1.74. The maximum atomic E-state index is 12.9. The molecule has 0 bridgehead atoms. The van der Waals surface area contributed by atoms with Gasteiger partial charge in [0.2, 0.25) is 0 Å². The molecule has 0 aromatic heterocycles. The third-order valence-corrected chi connectivity index (χ3v) is 1.97. The predicted octanol–water partition coefficient (Wildman–Crippen LogP) is 1.86. The van der Waals surface area contributed by atoms with Crippen LogP contribution in [-0.2, 0) is 6.18 Å². The molecule has 4 nitrogen and oxygen atoms in total. The van der Waals surface area contributed by atoms with Gasteiger partial charge >= 0.3 is 12.2 Å². The molecule has 0 spiro atoms. The Morgan fingerprint density at radius 3 is 2.47 bits per heavy atom. The van der Waals surface area contributed by atoms with Crippen LogP contribution in [0.4, 0.5) is 28.0 Å². The van der Waals surface area contributed by atoms with Gasteiger partial charge in [-0.05, 0) is 18.2 Å². The van der Waals surface area contributed by atoms with E-state index in [2.05, 4.69) is 5.32 Å². The molecule has 17 heavy (non-hydrogen) atoms. The molecule has 0 heterocycles. The lowest BCUT2D eigenvalue weighted by Gasteiger charge is -2.17. The van der Waals surface area contributed by atoms with E-state index in [0.29, 0.717) is 17.1 Å². The van der Waals surface area contributed by atoms with Gasteiger partial charge in [0.15, 0.2) is 0 Å². The molecule has 94 valence electrons. The zero-order valence-corrected chi connectivity index (χ0v) is 8.68. The molecule has 1 aromatic carbocycles. The van der Waals surface area contributed by atoms with Crippen molar-refractivity contribution in [3.8, 4) is 0 Å². The second-order valence-corrected chi connectivity index (χ2v) is 3.09. The first-order chi connectivity index (χ1) is 7.77. The average molecular weight is 251 g/mol. The second kappa shape index (κ2) is 4.58. The van der Waals surface area contributed by atoms with Gasteiger partial charge in [-0.3, -0.25) is 0 Å². The Morgan fingerprint density at radius 1 is 1.41 bits per heavy atom. The molecule has 0 radical (unpaired) electrons. The van der Waals surface area contributed by atoms with Crippen LogP contribution < -0.4 is 16.2 Å². The Kier molecular flexibility index (Phi) is 3.56. The summed E-state index contributed by atoms with van der Waals surface area (Å²) in [6.07, 6.45) is -4.84. The molecule has 0 fully saturated rings. The first kappa shape index (κ1) is 13.2. The smallest absolute Gasteiger partial charge is 0.340 e. The fraction of sp³-hybridized carbons (Fsp3) is 0.222. The van der Waals surface area contributed by atoms with E-state index in [1.165, 1.54) is 7.05 Å². The largest absolute Gasteiger partial charge is 0.419 e. The number of nitrogens with two attached hydrogens (primary N) is 1. The van der Waals surface area contributed by atoms with Gasteiger partial charge in [0.1, 0.15) is 5.82 Å². The number of carbonyl (C=O) groups is 1. The number of halogens is 4. The highest BCUT2D eigenvalue weighted by atomic mass is 19.4. The van der Waals surface area contributed by atoms with Crippen molar-refractivity contribution < 1.29 is 22.4 Å². The van der Waals surface area contributed by atoms with Crippen LogP contribution in [0.25, 0.3) is 0 Å². The summed E-state index contributed by atoms with van der Waals surface area (Å²) in [4.78, 5) is 11.1. The first-order valence-corrected chi connectivity index (χ1v) is 4.40. The molecule has 8 heteroatoms. The zero-order chi connectivity index (χ0) is 13.2. The maximum Gasteiger partial charge on any atom is 0.419 e. The molecular weight excluding hydrogens is 242 g/mol. The molecule has 0 saturated heterocycles. The van der Waals surface area contributed by atoms with Crippen LogP contribution in [0.2, 0.25) is 0 Å². The number of alkyl halides is 3. The van der Waals surface area contributed by atoms with Gasteiger partial charge in [0.25, 0.3) is 0 Å². The van der Waals surface area contributed by atoms with Crippen molar-refractivity contribution in [2.24, 2.45) is 5.84 Å². The van der Waals surface area contributed by atoms with Gasteiger partial charge in [0, 0.05) is 7.05 Å². The van der Waals surface area contributed by atoms with E-state index in [9.17, 15) is 22.4 Å². The highest BCUT2D eigenvalue weighted by Crippen LogP contribution is 2.33. The summed E-state index contributed by atoms with van der Waals surface area (Å²) in [6, 6.07) is 1.22. The molecular formula is C9H9F4N3O. The van der Waals surface area contributed by atoms with Crippen molar-refractivity contribution >= 4 is 11.7 Å². The number of nitrogens with zero attached hydrogens (tertiary/aromatic N) is 1. The molecule has 1 aromatic rings. The third kappa shape index (κ3) is 2.84. The number of hydrazine groups is 1. The zero-order valence-electron chi connectivity index (χ0n) is 8.68. The Morgan fingerprint density at radius 2 is 2.00 bits per heavy atom. The van der Waals surface area contributed by atoms with Crippen molar-refractivity contribution in [3.63, 3.8) is 0 Å². The monoisotopic (exact) mass is 251 g/mol. The van der Waals surface area contributed by atoms with E-state index in [1.54, 1.807) is 0 Å². The van der Waals surface area contributed by atoms with E-state index >= 15 is 0 Å². The number of rotatable bonds is 1. The first-order valence-electron chi connectivity index (χ1n) is 4.40. The van der Waals surface area contributed by atoms with Crippen molar-refractivity contribution in [1.82, 2.24) is 5.32 Å². The van der Waals surface area contributed by atoms with Crippen LogP contribution in [0.1, 0.15) is 5.56 Å². The van der Waals surface area contributed by atoms with Crippen LogP contribution >= 0.6 is 0 Å². The summed E-state index contributed by atoms with van der Waals surface area (Å²) >= 11 is 0. The summed E-state index contributed by atoms with van der Waals surface area (Å²) in [5.74, 6) is 3.82. The molecule has 0 unspecified atom stereocenters. The number of nitrogens with one attached hydrogen (secondary N) is 1. The second-order valence-electron chi connectivity index (χ2n) is 3.09. The lowest BCUT2D eigenvalue weighted by Crippen LogP contribution is -2.43. The van der Waals surface area contributed by atoms with Gasteiger partial charge < -0.3 is 5.32 Å². The number of hydrogen-bond donors (Lipinski definition) is 2. The van der Waals surface area contributed by atoms with Gasteiger partial charge in [0.05, 0.1) is 11.3 Å². The van der Waals surface area contributed by atoms with Gasteiger partial charge in [-0.25, -0.2) is 20.0 Å². The predicted molar refractivity (Wildman–Crippen MR) is 52.5 cm³/mol. The Balaban J connectivity index is 3.17. The number of amides is 2. The fourth-order valence-electron chi connectivity index (χ4n) is 1.12.